The second-order valence-corrected chi connectivity index (χ2v) is 7.28. The Kier molecular flexibility index (Phi) is 5.53. The van der Waals surface area contributed by atoms with E-state index >= 15 is 0 Å². The quantitative estimate of drug-likeness (QED) is 0.795. The van der Waals surface area contributed by atoms with Crippen LogP contribution in [0.25, 0.3) is 0 Å². The normalized spacial score (nSPS) is 15.3. The Morgan fingerprint density at radius 1 is 1.33 bits per heavy atom. The molecule has 1 fully saturated rings. The van der Waals surface area contributed by atoms with Gasteiger partial charge in [-0.05, 0) is 37.3 Å². The Balaban J connectivity index is 1.59. The predicted molar refractivity (Wildman–Crippen MR) is 97.3 cm³/mol. The van der Waals surface area contributed by atoms with E-state index in [1.54, 1.807) is 18.4 Å². The van der Waals surface area contributed by atoms with Crippen molar-refractivity contribution >= 4 is 17.2 Å². The number of thiophene rings is 1. The minimum Gasteiger partial charge on any atom is -0.496 e. The van der Waals surface area contributed by atoms with Crippen molar-refractivity contribution in [3.8, 4) is 5.75 Å². The summed E-state index contributed by atoms with van der Waals surface area (Å²) in [6.07, 6.45) is 2.39. The molecule has 4 nitrogen and oxygen atoms in total. The number of carbonyl (C=O) groups is 1. The zero-order valence-corrected chi connectivity index (χ0v) is 15.0. The van der Waals surface area contributed by atoms with E-state index in [-0.39, 0.29) is 11.9 Å². The van der Waals surface area contributed by atoms with E-state index < -0.39 is 0 Å². The van der Waals surface area contributed by atoms with Gasteiger partial charge in [-0.1, -0.05) is 24.3 Å². The van der Waals surface area contributed by atoms with Crippen molar-refractivity contribution in [1.29, 1.82) is 0 Å². The summed E-state index contributed by atoms with van der Waals surface area (Å²) in [4.78, 5) is 16.1. The van der Waals surface area contributed by atoms with Crippen LogP contribution in [0.15, 0.2) is 41.8 Å². The molecule has 5 heteroatoms. The molecule has 128 valence electrons. The minimum absolute atomic E-state index is 0.0665. The molecule has 3 rings (SSSR count). The molecule has 2 aromatic rings. The highest BCUT2D eigenvalue weighted by Crippen LogP contribution is 2.29. The van der Waals surface area contributed by atoms with Crippen molar-refractivity contribution in [3.63, 3.8) is 0 Å². The standard InChI is InChI=1S/C19H24N2O2S/c1-14(17-7-3-4-8-18(17)23-2)20-19(22)13-21(15-9-10-15)12-16-6-5-11-24-16/h3-8,11,14-15H,9-10,12-13H2,1-2H3,(H,20,22). The van der Waals surface area contributed by atoms with Crippen molar-refractivity contribution in [2.24, 2.45) is 0 Å². The first-order valence-corrected chi connectivity index (χ1v) is 9.24. The maximum absolute atomic E-state index is 12.5. The van der Waals surface area contributed by atoms with Crippen LogP contribution in [0.3, 0.4) is 0 Å². The number of ether oxygens (including phenoxy) is 1. The maximum atomic E-state index is 12.5. The van der Waals surface area contributed by atoms with Crippen LogP contribution in [0.5, 0.6) is 5.75 Å². The molecule has 24 heavy (non-hydrogen) atoms. The van der Waals surface area contributed by atoms with Crippen LogP contribution >= 0.6 is 11.3 Å². The molecule has 0 saturated heterocycles. The summed E-state index contributed by atoms with van der Waals surface area (Å²) in [6, 6.07) is 12.5. The fourth-order valence-electron chi connectivity index (χ4n) is 2.93. The number of para-hydroxylation sites is 1. The van der Waals surface area contributed by atoms with Gasteiger partial charge in [0.2, 0.25) is 5.91 Å². The number of methoxy groups -OCH3 is 1. The van der Waals surface area contributed by atoms with Crippen molar-refractivity contribution < 1.29 is 9.53 Å². The number of nitrogens with zero attached hydrogens (tertiary/aromatic N) is 1. The summed E-state index contributed by atoms with van der Waals surface area (Å²) in [5.74, 6) is 0.875. The number of benzene rings is 1. The number of nitrogens with one attached hydrogen (secondary N) is 1. The molecule has 1 aromatic heterocycles. The van der Waals surface area contributed by atoms with Gasteiger partial charge >= 0.3 is 0 Å². The molecule has 0 aliphatic heterocycles. The third kappa shape index (κ3) is 4.36. The lowest BCUT2D eigenvalue weighted by Crippen LogP contribution is -2.39. The summed E-state index contributed by atoms with van der Waals surface area (Å²) in [6.45, 7) is 3.30. The van der Waals surface area contributed by atoms with Crippen LogP contribution in [0, 0.1) is 0 Å². The first-order valence-electron chi connectivity index (χ1n) is 8.36. The largest absolute Gasteiger partial charge is 0.496 e. The highest BCUT2D eigenvalue weighted by molar-refractivity contribution is 7.09. The Hall–Kier alpha value is -1.85. The zero-order chi connectivity index (χ0) is 16.9. The number of hydrogen-bond acceptors (Lipinski definition) is 4. The van der Waals surface area contributed by atoms with E-state index in [0.717, 1.165) is 17.9 Å². The van der Waals surface area contributed by atoms with E-state index in [1.165, 1.54) is 17.7 Å². The summed E-state index contributed by atoms with van der Waals surface area (Å²) >= 11 is 1.75. The van der Waals surface area contributed by atoms with Crippen LogP contribution in [0.4, 0.5) is 0 Å². The summed E-state index contributed by atoms with van der Waals surface area (Å²) < 4.78 is 5.39. The Bertz CT molecular complexity index is 668. The lowest BCUT2D eigenvalue weighted by atomic mass is 10.1. The van der Waals surface area contributed by atoms with Crippen LogP contribution in [-0.4, -0.2) is 30.5 Å². The molecule has 1 saturated carbocycles. The number of amides is 1. The van der Waals surface area contributed by atoms with E-state index in [9.17, 15) is 4.79 Å². The lowest BCUT2D eigenvalue weighted by Gasteiger charge is -2.23. The Labute approximate surface area is 147 Å². The molecule has 1 amide bonds. The molecule has 1 aliphatic rings. The minimum atomic E-state index is -0.0727. The molecule has 0 radical (unpaired) electrons. The molecule has 0 bridgehead atoms. The number of hydrogen-bond donors (Lipinski definition) is 1. The van der Waals surface area contributed by atoms with Crippen molar-refractivity contribution in [2.45, 2.75) is 38.4 Å². The van der Waals surface area contributed by atoms with Crippen LogP contribution in [0.1, 0.15) is 36.2 Å². The van der Waals surface area contributed by atoms with Gasteiger partial charge in [0.1, 0.15) is 5.75 Å². The fourth-order valence-corrected chi connectivity index (χ4v) is 3.66. The molecular formula is C19H24N2O2S. The van der Waals surface area contributed by atoms with Gasteiger partial charge in [-0.25, -0.2) is 0 Å². The molecule has 0 spiro atoms. The fraction of sp³-hybridized carbons (Fsp3) is 0.421. The maximum Gasteiger partial charge on any atom is 0.234 e. The molecule has 1 heterocycles. The molecule has 1 aliphatic carbocycles. The first-order chi connectivity index (χ1) is 11.7. The molecule has 1 N–H and O–H groups in total. The Morgan fingerprint density at radius 2 is 2.12 bits per heavy atom. The van der Waals surface area contributed by atoms with Crippen molar-refractivity contribution in [3.05, 3.63) is 52.2 Å². The predicted octanol–water partition coefficient (Wildman–Crippen LogP) is 3.60. The van der Waals surface area contributed by atoms with Crippen LogP contribution in [-0.2, 0) is 11.3 Å². The lowest BCUT2D eigenvalue weighted by molar-refractivity contribution is -0.123. The second-order valence-electron chi connectivity index (χ2n) is 6.25. The summed E-state index contributed by atoms with van der Waals surface area (Å²) in [5, 5.41) is 5.19. The smallest absolute Gasteiger partial charge is 0.234 e. The zero-order valence-electron chi connectivity index (χ0n) is 14.2. The van der Waals surface area contributed by atoms with E-state index in [2.05, 4.69) is 27.7 Å². The van der Waals surface area contributed by atoms with Crippen LogP contribution < -0.4 is 10.1 Å². The van der Waals surface area contributed by atoms with E-state index in [0.29, 0.717) is 12.6 Å². The number of rotatable bonds is 8. The topological polar surface area (TPSA) is 41.6 Å². The average molecular weight is 344 g/mol. The van der Waals surface area contributed by atoms with Gasteiger partial charge in [0, 0.05) is 23.0 Å². The molecule has 1 atom stereocenters. The third-order valence-electron chi connectivity index (χ3n) is 4.33. The van der Waals surface area contributed by atoms with Crippen molar-refractivity contribution in [1.82, 2.24) is 10.2 Å². The summed E-state index contributed by atoms with van der Waals surface area (Å²) in [5.41, 5.74) is 1.00. The van der Waals surface area contributed by atoms with E-state index in [1.807, 2.05) is 31.2 Å². The van der Waals surface area contributed by atoms with Crippen molar-refractivity contribution in [2.75, 3.05) is 13.7 Å². The molecule has 1 unspecified atom stereocenters. The highest BCUT2D eigenvalue weighted by atomic mass is 32.1. The van der Waals surface area contributed by atoms with Gasteiger partial charge in [-0.2, -0.15) is 0 Å². The monoisotopic (exact) mass is 344 g/mol. The van der Waals surface area contributed by atoms with Gasteiger partial charge in [0.05, 0.1) is 19.7 Å². The van der Waals surface area contributed by atoms with Gasteiger partial charge in [0.25, 0.3) is 0 Å². The number of carbonyl (C=O) groups excluding carboxylic acids is 1. The summed E-state index contributed by atoms with van der Waals surface area (Å²) in [7, 11) is 1.66. The van der Waals surface area contributed by atoms with Gasteiger partial charge in [-0.15, -0.1) is 11.3 Å². The molecular weight excluding hydrogens is 320 g/mol. The average Bonchev–Trinajstić information content (AvgIpc) is 3.31. The van der Waals surface area contributed by atoms with Crippen LogP contribution in [0.2, 0.25) is 0 Å². The van der Waals surface area contributed by atoms with Gasteiger partial charge < -0.3 is 10.1 Å². The van der Waals surface area contributed by atoms with E-state index in [4.69, 9.17) is 4.74 Å². The SMILES string of the molecule is COc1ccccc1C(C)NC(=O)CN(Cc1cccs1)C1CC1. The highest BCUT2D eigenvalue weighted by Gasteiger charge is 2.30. The van der Waals surface area contributed by atoms with Gasteiger partial charge in [0.15, 0.2) is 0 Å². The molecule has 1 aromatic carbocycles. The first kappa shape index (κ1) is 17.0. The third-order valence-corrected chi connectivity index (χ3v) is 5.19. The van der Waals surface area contributed by atoms with Gasteiger partial charge in [-0.3, -0.25) is 9.69 Å². The Morgan fingerprint density at radius 3 is 2.79 bits per heavy atom. The second kappa shape index (κ2) is 7.81.